The first kappa shape index (κ1) is 19.7. The zero-order valence-electron chi connectivity index (χ0n) is 15.0. The van der Waals surface area contributed by atoms with Crippen LogP contribution in [0.4, 0.5) is 5.95 Å². The predicted molar refractivity (Wildman–Crippen MR) is 97.2 cm³/mol. The van der Waals surface area contributed by atoms with Crippen LogP contribution in [-0.2, 0) is 13.8 Å². The van der Waals surface area contributed by atoms with Crippen molar-refractivity contribution in [3.8, 4) is 0 Å². The highest BCUT2D eigenvalue weighted by Gasteiger charge is 2.45. The first-order chi connectivity index (χ1) is 13.7. The summed E-state index contributed by atoms with van der Waals surface area (Å²) in [5, 5.41) is 20.7. The molecular weight excluding hydrogens is 409 g/mol. The molecule has 1 saturated heterocycles. The van der Waals surface area contributed by atoms with Crippen molar-refractivity contribution in [1.29, 1.82) is 0 Å². The molecule has 0 spiro atoms. The number of nitrogens with zero attached hydrogens (tertiary/aromatic N) is 4. The fourth-order valence-corrected chi connectivity index (χ4v) is 4.26. The van der Waals surface area contributed by atoms with Gasteiger partial charge in [-0.15, -0.1) is 0 Å². The summed E-state index contributed by atoms with van der Waals surface area (Å²) >= 11 is 0. The van der Waals surface area contributed by atoms with Crippen molar-refractivity contribution in [2.75, 3.05) is 12.3 Å². The molecule has 1 aliphatic heterocycles. The maximum absolute atomic E-state index is 12.4. The van der Waals surface area contributed by atoms with Gasteiger partial charge in [0.1, 0.15) is 18.3 Å². The molecule has 4 rings (SSSR count). The first-order valence-corrected chi connectivity index (χ1v) is 9.98. The molecule has 1 unspecified atom stereocenters. The highest BCUT2D eigenvalue weighted by atomic mass is 31.2. The largest absolute Gasteiger partial charge is 0.387 e. The Bertz CT molecular complexity index is 1160. The van der Waals surface area contributed by atoms with Crippen molar-refractivity contribution in [3.63, 3.8) is 0 Å². The molecule has 7 N–H and O–H groups in total. The summed E-state index contributed by atoms with van der Waals surface area (Å²) in [7, 11) is -4.27. The van der Waals surface area contributed by atoms with E-state index in [1.807, 2.05) is 0 Å². The Kier molecular flexibility index (Phi) is 4.77. The van der Waals surface area contributed by atoms with Gasteiger partial charge in [-0.1, -0.05) is 0 Å². The predicted octanol–water partition coefficient (Wildman–Crippen LogP) is -2.12. The number of fused-ring (bicyclic) bond motifs is 1. The van der Waals surface area contributed by atoms with Gasteiger partial charge in [-0.05, 0) is 6.92 Å². The molecule has 0 aromatic carbocycles. The number of imidazole rings is 2. The van der Waals surface area contributed by atoms with Crippen LogP contribution in [0.3, 0.4) is 0 Å². The van der Waals surface area contributed by atoms with Crippen LogP contribution < -0.4 is 16.7 Å². The minimum atomic E-state index is -4.27. The van der Waals surface area contributed by atoms with Gasteiger partial charge in [0.05, 0.1) is 19.3 Å². The Labute approximate surface area is 161 Å². The van der Waals surface area contributed by atoms with E-state index in [-0.39, 0.29) is 22.5 Å². The van der Waals surface area contributed by atoms with E-state index in [0.717, 1.165) is 0 Å². The number of nitrogens with two attached hydrogens (primary N) is 1. The van der Waals surface area contributed by atoms with E-state index in [2.05, 4.69) is 24.9 Å². The van der Waals surface area contributed by atoms with Crippen molar-refractivity contribution < 1.29 is 28.9 Å². The van der Waals surface area contributed by atoms with Crippen LogP contribution >= 0.6 is 7.60 Å². The second kappa shape index (κ2) is 7.02. The first-order valence-electron chi connectivity index (χ1n) is 8.41. The summed E-state index contributed by atoms with van der Waals surface area (Å²) in [5.41, 5.74) is 5.20. The fraction of sp³-hybridized carbons (Fsp3) is 0.429. The van der Waals surface area contributed by atoms with Crippen LogP contribution in [0, 0.1) is 6.92 Å². The van der Waals surface area contributed by atoms with Crippen LogP contribution in [0.5, 0.6) is 0 Å². The zero-order chi connectivity index (χ0) is 20.9. The zero-order valence-corrected chi connectivity index (χ0v) is 15.9. The summed E-state index contributed by atoms with van der Waals surface area (Å²) in [5.74, 6) is -0.159. The van der Waals surface area contributed by atoms with Crippen molar-refractivity contribution in [2.45, 2.75) is 31.5 Å². The number of rotatable bonds is 5. The molecule has 14 nitrogen and oxygen atoms in total. The monoisotopic (exact) mass is 427 g/mol. The number of H-pyrrole nitrogens is 2. The Morgan fingerprint density at radius 3 is 2.83 bits per heavy atom. The molecule has 5 atom stereocenters. The lowest BCUT2D eigenvalue weighted by molar-refractivity contribution is -0.0481. The van der Waals surface area contributed by atoms with Gasteiger partial charge >= 0.3 is 7.60 Å². The summed E-state index contributed by atoms with van der Waals surface area (Å²) < 4.78 is 24.3. The van der Waals surface area contributed by atoms with Crippen LogP contribution in [-0.4, -0.2) is 69.5 Å². The lowest BCUT2D eigenvalue weighted by atomic mass is 10.1. The second-order valence-corrected chi connectivity index (χ2v) is 8.21. The number of hydrogen-bond donors (Lipinski definition) is 6. The smallest absolute Gasteiger partial charge is 0.378 e. The molecule has 3 aromatic heterocycles. The number of ether oxygens (including phenoxy) is 1. The van der Waals surface area contributed by atoms with Crippen molar-refractivity contribution in [2.24, 2.45) is 0 Å². The summed E-state index contributed by atoms with van der Waals surface area (Å²) in [6.07, 6.45) is -2.76. The lowest BCUT2D eigenvalue weighted by Crippen LogP contribution is -2.34. The normalized spacial score (nSPS) is 26.8. The molecular formula is C14H18N7O7P. The average Bonchev–Trinajstić information content (AvgIpc) is 3.33. The van der Waals surface area contributed by atoms with Crippen LogP contribution in [0.1, 0.15) is 11.9 Å². The van der Waals surface area contributed by atoms with E-state index < -0.39 is 44.3 Å². The SMILES string of the molecule is Cc1[nH]cnc1P(=O)(O)OC[C@H]1O[C@@H](n2cnc3c(=O)[nH]c(N)nc32)[C@H](O)[C@@H]1O. The van der Waals surface area contributed by atoms with E-state index in [0.29, 0.717) is 5.69 Å². The molecule has 4 heterocycles. The number of aliphatic hydroxyl groups is 2. The van der Waals surface area contributed by atoms with E-state index in [1.54, 1.807) is 6.92 Å². The van der Waals surface area contributed by atoms with E-state index in [1.165, 1.54) is 17.2 Å². The Morgan fingerprint density at radius 1 is 1.38 bits per heavy atom. The minimum absolute atomic E-state index is 0.0296. The van der Waals surface area contributed by atoms with Gasteiger partial charge in [0.15, 0.2) is 22.8 Å². The molecule has 0 amide bonds. The number of hydrogen-bond acceptors (Lipinski definition) is 10. The van der Waals surface area contributed by atoms with E-state index >= 15 is 0 Å². The molecule has 0 aliphatic carbocycles. The van der Waals surface area contributed by atoms with Crippen molar-refractivity contribution in [1.82, 2.24) is 29.5 Å². The molecule has 29 heavy (non-hydrogen) atoms. The number of nitrogens with one attached hydrogen (secondary N) is 2. The Hall–Kier alpha value is -2.61. The third kappa shape index (κ3) is 3.35. The molecule has 0 radical (unpaired) electrons. The lowest BCUT2D eigenvalue weighted by Gasteiger charge is -2.17. The highest BCUT2D eigenvalue weighted by molar-refractivity contribution is 7.61. The molecule has 1 fully saturated rings. The highest BCUT2D eigenvalue weighted by Crippen LogP contribution is 2.42. The van der Waals surface area contributed by atoms with Crippen LogP contribution in [0.15, 0.2) is 17.4 Å². The van der Waals surface area contributed by atoms with E-state index in [9.17, 15) is 24.5 Å². The molecule has 15 heteroatoms. The summed E-state index contributed by atoms with van der Waals surface area (Å²) in [4.78, 5) is 38.6. The number of nitrogen functional groups attached to an aromatic ring is 1. The summed E-state index contributed by atoms with van der Waals surface area (Å²) in [6.45, 7) is 1.05. The topological polar surface area (TPSA) is 214 Å². The fourth-order valence-electron chi connectivity index (χ4n) is 3.10. The van der Waals surface area contributed by atoms with Gasteiger partial charge in [0.2, 0.25) is 5.95 Å². The van der Waals surface area contributed by atoms with Gasteiger partial charge in [-0.3, -0.25) is 18.9 Å². The van der Waals surface area contributed by atoms with Crippen molar-refractivity contribution in [3.05, 3.63) is 28.7 Å². The van der Waals surface area contributed by atoms with Crippen molar-refractivity contribution >= 4 is 30.1 Å². The van der Waals surface area contributed by atoms with Gasteiger partial charge in [-0.25, -0.2) is 9.97 Å². The number of aryl methyl sites for hydroxylation is 1. The number of aromatic amines is 2. The average molecular weight is 427 g/mol. The maximum atomic E-state index is 12.4. The van der Waals surface area contributed by atoms with Gasteiger partial charge in [0.25, 0.3) is 5.56 Å². The molecule has 0 bridgehead atoms. The standard InChI is InChI=1S/C14H18N7O7P/c1-5-12(17-3-16-5)29(25,26)27-2-6-8(22)9(23)13(28-6)21-4-18-7-10(21)19-14(15)20-11(7)24/h3-4,6,8-9,13,22-23H,2H2,1H3,(H,16,17)(H,25,26)(H3,15,19,20,24)/t6-,8-,9-,13-/m1/s1. The molecule has 1 aliphatic rings. The number of aliphatic hydroxyl groups excluding tert-OH is 2. The molecule has 156 valence electrons. The third-order valence-corrected chi connectivity index (χ3v) is 6.03. The van der Waals surface area contributed by atoms with E-state index in [4.69, 9.17) is 15.0 Å². The molecule has 3 aromatic rings. The van der Waals surface area contributed by atoms with Gasteiger partial charge in [-0.2, -0.15) is 4.98 Å². The Morgan fingerprint density at radius 2 is 2.14 bits per heavy atom. The maximum Gasteiger partial charge on any atom is 0.378 e. The quantitative estimate of drug-likeness (QED) is 0.242. The Balaban J connectivity index is 1.55. The van der Waals surface area contributed by atoms with Gasteiger partial charge in [0, 0.05) is 5.69 Å². The third-order valence-electron chi connectivity index (χ3n) is 4.55. The van der Waals surface area contributed by atoms with Gasteiger partial charge < -0.3 is 35.1 Å². The van der Waals surface area contributed by atoms with Crippen LogP contribution in [0.2, 0.25) is 0 Å². The number of aromatic nitrogens is 6. The summed E-state index contributed by atoms with van der Waals surface area (Å²) in [6, 6.07) is 0. The van der Waals surface area contributed by atoms with Crippen LogP contribution in [0.25, 0.3) is 11.2 Å². The second-order valence-electron chi connectivity index (χ2n) is 6.49. The minimum Gasteiger partial charge on any atom is -0.387 e. The molecule has 0 saturated carbocycles. The number of anilines is 1.